The van der Waals surface area contributed by atoms with Crippen LogP contribution >= 0.6 is 0 Å². The lowest BCUT2D eigenvalue weighted by atomic mass is 10.2. The molecule has 6 heteroatoms. The van der Waals surface area contributed by atoms with E-state index in [4.69, 9.17) is 9.47 Å². The number of benzene rings is 1. The molecule has 0 saturated carbocycles. The van der Waals surface area contributed by atoms with Gasteiger partial charge in [-0.15, -0.1) is 5.10 Å². The molecule has 1 aliphatic heterocycles. The maximum absolute atomic E-state index is 11.7. The van der Waals surface area contributed by atoms with Gasteiger partial charge in [-0.2, -0.15) is 0 Å². The predicted molar refractivity (Wildman–Crippen MR) is 81.0 cm³/mol. The van der Waals surface area contributed by atoms with Crippen LogP contribution in [0.25, 0.3) is 5.69 Å². The second-order valence-electron chi connectivity index (χ2n) is 5.16. The van der Waals surface area contributed by atoms with E-state index in [1.165, 1.54) is 0 Å². The van der Waals surface area contributed by atoms with Gasteiger partial charge in [-0.1, -0.05) is 18.2 Å². The lowest BCUT2D eigenvalue weighted by molar-refractivity contribution is -0.123. The summed E-state index contributed by atoms with van der Waals surface area (Å²) in [4.78, 5) is 11.7. The van der Waals surface area contributed by atoms with Crippen LogP contribution in [-0.4, -0.2) is 41.6 Å². The fraction of sp³-hybridized carbons (Fsp3) is 0.375. The third-order valence-electron chi connectivity index (χ3n) is 3.49. The zero-order valence-electron chi connectivity index (χ0n) is 12.3. The molecule has 6 nitrogen and oxygen atoms in total. The molecule has 0 aliphatic carbocycles. The Kier molecular flexibility index (Phi) is 4.70. The van der Waals surface area contributed by atoms with E-state index < -0.39 is 0 Å². The van der Waals surface area contributed by atoms with Crippen molar-refractivity contribution in [3.8, 4) is 11.6 Å². The van der Waals surface area contributed by atoms with E-state index in [2.05, 4.69) is 10.4 Å². The second kappa shape index (κ2) is 7.09. The van der Waals surface area contributed by atoms with Gasteiger partial charge in [0.25, 0.3) is 5.91 Å². The van der Waals surface area contributed by atoms with Gasteiger partial charge in [0.1, 0.15) is 0 Å². The first-order valence-corrected chi connectivity index (χ1v) is 7.43. The monoisotopic (exact) mass is 301 g/mol. The topological polar surface area (TPSA) is 65.4 Å². The van der Waals surface area contributed by atoms with E-state index in [0.29, 0.717) is 12.4 Å². The molecule has 2 heterocycles. The van der Waals surface area contributed by atoms with Gasteiger partial charge in [-0.05, 0) is 25.0 Å². The first kappa shape index (κ1) is 14.6. The Bertz CT molecular complexity index is 606. The molecule has 1 fully saturated rings. The Balaban J connectivity index is 1.45. The third-order valence-corrected chi connectivity index (χ3v) is 3.49. The van der Waals surface area contributed by atoms with Crippen LogP contribution in [0.1, 0.15) is 12.8 Å². The van der Waals surface area contributed by atoms with Crippen molar-refractivity contribution in [2.75, 3.05) is 19.8 Å². The van der Waals surface area contributed by atoms with Crippen molar-refractivity contribution < 1.29 is 14.3 Å². The van der Waals surface area contributed by atoms with E-state index in [-0.39, 0.29) is 18.6 Å². The summed E-state index contributed by atoms with van der Waals surface area (Å²) in [5, 5.41) is 7.09. The van der Waals surface area contributed by atoms with Crippen LogP contribution in [0, 0.1) is 0 Å². The molecule has 3 rings (SSSR count). The number of nitrogens with one attached hydrogen (secondary N) is 1. The molecule has 22 heavy (non-hydrogen) atoms. The number of carbonyl (C=O) groups is 1. The molecule has 1 unspecified atom stereocenters. The van der Waals surface area contributed by atoms with Crippen LogP contribution < -0.4 is 10.1 Å². The van der Waals surface area contributed by atoms with E-state index in [0.717, 1.165) is 25.1 Å². The molecule has 1 saturated heterocycles. The van der Waals surface area contributed by atoms with Crippen LogP contribution in [0.15, 0.2) is 42.6 Å². The number of hydrogen-bond acceptors (Lipinski definition) is 4. The third kappa shape index (κ3) is 3.85. The number of hydrogen-bond donors (Lipinski definition) is 1. The Labute approximate surface area is 129 Å². The van der Waals surface area contributed by atoms with E-state index in [1.807, 2.05) is 30.3 Å². The summed E-state index contributed by atoms with van der Waals surface area (Å²) in [6.07, 6.45) is 4.01. The molecule has 2 aromatic rings. The molecule has 0 bridgehead atoms. The number of nitrogens with zero attached hydrogens (tertiary/aromatic N) is 2. The number of rotatable bonds is 6. The molecule has 1 aliphatic rings. The average molecular weight is 301 g/mol. The van der Waals surface area contributed by atoms with Crippen LogP contribution in [0.3, 0.4) is 0 Å². The number of aromatic nitrogens is 2. The molecule has 1 atom stereocenters. The average Bonchev–Trinajstić information content (AvgIpc) is 3.23. The summed E-state index contributed by atoms with van der Waals surface area (Å²) in [5.41, 5.74) is 0.945. The molecule has 116 valence electrons. The predicted octanol–water partition coefficient (Wildman–Crippen LogP) is 1.55. The van der Waals surface area contributed by atoms with Crippen molar-refractivity contribution >= 4 is 5.91 Å². The van der Waals surface area contributed by atoms with E-state index in [9.17, 15) is 4.79 Å². The lowest BCUT2D eigenvalue weighted by Crippen LogP contribution is -2.35. The Morgan fingerprint density at radius 2 is 2.23 bits per heavy atom. The Morgan fingerprint density at radius 1 is 1.36 bits per heavy atom. The van der Waals surface area contributed by atoms with Gasteiger partial charge in [0.2, 0.25) is 5.88 Å². The van der Waals surface area contributed by atoms with Crippen molar-refractivity contribution in [2.24, 2.45) is 0 Å². The SMILES string of the molecule is O=C(COc1ccn(-c2ccccc2)n1)NCC1CCCO1. The van der Waals surface area contributed by atoms with Crippen molar-refractivity contribution in [1.29, 1.82) is 0 Å². The summed E-state index contributed by atoms with van der Waals surface area (Å²) in [6, 6.07) is 11.5. The minimum absolute atomic E-state index is 0.0431. The van der Waals surface area contributed by atoms with Gasteiger partial charge in [0.05, 0.1) is 11.8 Å². The van der Waals surface area contributed by atoms with Crippen molar-refractivity contribution in [3.63, 3.8) is 0 Å². The van der Waals surface area contributed by atoms with Crippen LogP contribution in [-0.2, 0) is 9.53 Å². The van der Waals surface area contributed by atoms with E-state index in [1.54, 1.807) is 16.9 Å². The van der Waals surface area contributed by atoms with Crippen LogP contribution in [0.2, 0.25) is 0 Å². The highest BCUT2D eigenvalue weighted by Gasteiger charge is 2.16. The van der Waals surface area contributed by atoms with Gasteiger partial charge >= 0.3 is 0 Å². The Hall–Kier alpha value is -2.34. The number of ether oxygens (including phenoxy) is 2. The van der Waals surface area contributed by atoms with Gasteiger partial charge in [0.15, 0.2) is 6.61 Å². The van der Waals surface area contributed by atoms with Crippen LogP contribution in [0.5, 0.6) is 5.88 Å². The van der Waals surface area contributed by atoms with Crippen molar-refractivity contribution in [2.45, 2.75) is 18.9 Å². The first-order chi connectivity index (χ1) is 10.8. The number of amides is 1. The van der Waals surface area contributed by atoms with Crippen LogP contribution in [0.4, 0.5) is 0 Å². The zero-order valence-corrected chi connectivity index (χ0v) is 12.3. The standard InChI is InChI=1S/C16H19N3O3/c20-15(17-11-14-7-4-10-21-14)12-22-16-8-9-19(18-16)13-5-2-1-3-6-13/h1-3,5-6,8-9,14H,4,7,10-12H2,(H,17,20). The highest BCUT2D eigenvalue weighted by atomic mass is 16.5. The number of para-hydroxylation sites is 1. The smallest absolute Gasteiger partial charge is 0.258 e. The van der Waals surface area contributed by atoms with Gasteiger partial charge in [0, 0.05) is 25.4 Å². The molecular weight excluding hydrogens is 282 g/mol. The molecule has 0 spiro atoms. The fourth-order valence-electron chi connectivity index (χ4n) is 2.33. The van der Waals surface area contributed by atoms with E-state index >= 15 is 0 Å². The molecular formula is C16H19N3O3. The second-order valence-corrected chi connectivity index (χ2v) is 5.16. The fourth-order valence-corrected chi connectivity index (χ4v) is 2.33. The van der Waals surface area contributed by atoms with Crippen molar-refractivity contribution in [1.82, 2.24) is 15.1 Å². The molecule has 0 radical (unpaired) electrons. The highest BCUT2D eigenvalue weighted by Crippen LogP contribution is 2.12. The van der Waals surface area contributed by atoms with Crippen molar-refractivity contribution in [3.05, 3.63) is 42.6 Å². The highest BCUT2D eigenvalue weighted by molar-refractivity contribution is 5.77. The van der Waals surface area contributed by atoms with Gasteiger partial charge in [-0.3, -0.25) is 4.79 Å². The lowest BCUT2D eigenvalue weighted by Gasteiger charge is -2.10. The number of carbonyl (C=O) groups excluding carboxylic acids is 1. The van der Waals surface area contributed by atoms with Gasteiger partial charge in [-0.25, -0.2) is 4.68 Å². The first-order valence-electron chi connectivity index (χ1n) is 7.43. The summed E-state index contributed by atoms with van der Waals surface area (Å²) in [7, 11) is 0. The zero-order chi connectivity index (χ0) is 15.2. The maximum atomic E-state index is 11.7. The summed E-state index contributed by atoms with van der Waals surface area (Å²) < 4.78 is 12.6. The summed E-state index contributed by atoms with van der Waals surface area (Å²) in [5.74, 6) is 0.265. The summed E-state index contributed by atoms with van der Waals surface area (Å²) in [6.45, 7) is 1.28. The molecule has 1 aromatic carbocycles. The minimum Gasteiger partial charge on any atom is -0.466 e. The quantitative estimate of drug-likeness (QED) is 0.879. The largest absolute Gasteiger partial charge is 0.466 e. The Morgan fingerprint density at radius 3 is 3.00 bits per heavy atom. The minimum atomic E-state index is -0.162. The normalized spacial score (nSPS) is 17.4. The maximum Gasteiger partial charge on any atom is 0.258 e. The summed E-state index contributed by atoms with van der Waals surface area (Å²) >= 11 is 0. The molecule has 1 amide bonds. The molecule has 1 N–H and O–H groups in total. The molecule has 1 aromatic heterocycles. The van der Waals surface area contributed by atoms with Gasteiger partial charge < -0.3 is 14.8 Å².